The molecule has 0 aliphatic heterocycles. The summed E-state index contributed by atoms with van der Waals surface area (Å²) < 4.78 is 0. The first-order chi connectivity index (χ1) is 10.9. The summed E-state index contributed by atoms with van der Waals surface area (Å²) in [6, 6.07) is 0. The van der Waals surface area contributed by atoms with Gasteiger partial charge in [0.05, 0.1) is 6.61 Å². The molecule has 0 aromatic rings. The second kappa shape index (κ2) is 10.3. The Morgan fingerprint density at radius 3 is 2.43 bits per heavy atom. The van der Waals surface area contributed by atoms with Crippen LogP contribution in [-0.4, -0.2) is 11.7 Å². The van der Waals surface area contributed by atoms with E-state index in [1.54, 1.807) is 11.1 Å². The number of allylic oxidation sites excluding steroid dienone is 3. The Morgan fingerprint density at radius 1 is 1.09 bits per heavy atom. The maximum atomic E-state index is 8.76. The second-order valence-corrected chi connectivity index (χ2v) is 8.57. The van der Waals surface area contributed by atoms with Crippen LogP contribution >= 0.6 is 0 Å². The molecule has 0 bridgehead atoms. The lowest BCUT2D eigenvalue weighted by molar-refractivity contribution is 0.339. The van der Waals surface area contributed by atoms with Gasteiger partial charge < -0.3 is 5.11 Å². The van der Waals surface area contributed by atoms with Gasteiger partial charge in [-0.05, 0) is 62.7 Å². The van der Waals surface area contributed by atoms with Gasteiger partial charge in [0, 0.05) is 0 Å². The van der Waals surface area contributed by atoms with Gasteiger partial charge in [-0.25, -0.2) is 0 Å². The molecule has 0 spiro atoms. The number of rotatable bonds is 10. The van der Waals surface area contributed by atoms with E-state index in [1.807, 2.05) is 6.08 Å². The highest BCUT2D eigenvalue weighted by Gasteiger charge is 2.27. The molecule has 0 radical (unpaired) electrons. The maximum absolute atomic E-state index is 8.76. The fourth-order valence-corrected chi connectivity index (χ4v) is 4.10. The molecule has 0 saturated carbocycles. The third-order valence-electron chi connectivity index (χ3n) is 5.78. The number of aliphatic hydroxyl groups excluding tert-OH is 1. The smallest absolute Gasteiger partial charge is 0.0612 e. The van der Waals surface area contributed by atoms with Crippen molar-refractivity contribution in [1.82, 2.24) is 0 Å². The number of aliphatic hydroxyl groups is 1. The molecule has 0 heterocycles. The zero-order chi connectivity index (χ0) is 17.3. The van der Waals surface area contributed by atoms with Gasteiger partial charge in [-0.15, -0.1) is 0 Å². The molecule has 0 aromatic carbocycles. The lowest BCUT2D eigenvalue weighted by atomic mass is 9.70. The molecule has 1 rings (SSSR count). The summed E-state index contributed by atoms with van der Waals surface area (Å²) in [7, 11) is 0. The van der Waals surface area contributed by atoms with Crippen LogP contribution in [-0.2, 0) is 0 Å². The van der Waals surface area contributed by atoms with E-state index in [4.69, 9.17) is 5.11 Å². The van der Waals surface area contributed by atoms with Crippen molar-refractivity contribution < 1.29 is 5.11 Å². The van der Waals surface area contributed by atoms with Gasteiger partial charge in [-0.3, -0.25) is 0 Å². The molecule has 1 nitrogen and oxygen atoms in total. The van der Waals surface area contributed by atoms with E-state index in [0.717, 1.165) is 18.3 Å². The van der Waals surface area contributed by atoms with E-state index in [2.05, 4.69) is 40.7 Å². The average Bonchev–Trinajstić information content (AvgIpc) is 2.46. The molecule has 2 atom stereocenters. The Hall–Kier alpha value is -0.560. The molecule has 0 fully saturated rings. The molecule has 1 heteroatoms. The Balaban J connectivity index is 2.26. The lowest BCUT2D eigenvalue weighted by Gasteiger charge is -2.35. The fraction of sp³-hybridized carbons (Fsp3) is 0.818. The van der Waals surface area contributed by atoms with Crippen LogP contribution < -0.4 is 0 Å². The third kappa shape index (κ3) is 7.70. The number of hydrogen-bond donors (Lipinski definition) is 1. The van der Waals surface area contributed by atoms with E-state index < -0.39 is 0 Å². The Labute approximate surface area is 145 Å². The van der Waals surface area contributed by atoms with Crippen LogP contribution in [0.3, 0.4) is 0 Å². The molecule has 1 aliphatic carbocycles. The first-order valence-corrected chi connectivity index (χ1v) is 9.81. The SMILES string of the molecule is CC1=C(CC[C@H](C)CCC[C@@H](C)C/C=C/CO)C(C)(C)CCC1. The van der Waals surface area contributed by atoms with Crippen molar-refractivity contribution in [3.8, 4) is 0 Å². The summed E-state index contributed by atoms with van der Waals surface area (Å²) in [4.78, 5) is 0. The molecule has 0 amide bonds. The summed E-state index contributed by atoms with van der Waals surface area (Å²) in [5, 5.41) is 8.76. The summed E-state index contributed by atoms with van der Waals surface area (Å²) in [6.45, 7) is 12.2. The summed E-state index contributed by atoms with van der Waals surface area (Å²) in [6.07, 6.45) is 15.8. The first-order valence-electron chi connectivity index (χ1n) is 9.81. The zero-order valence-corrected chi connectivity index (χ0v) is 16.3. The maximum Gasteiger partial charge on any atom is 0.0612 e. The van der Waals surface area contributed by atoms with Gasteiger partial charge in [0.15, 0.2) is 0 Å². The minimum absolute atomic E-state index is 0.176. The van der Waals surface area contributed by atoms with Crippen LogP contribution in [0.4, 0.5) is 0 Å². The van der Waals surface area contributed by atoms with Crippen molar-refractivity contribution in [3.05, 3.63) is 23.3 Å². The average molecular weight is 321 g/mol. The third-order valence-corrected chi connectivity index (χ3v) is 5.78. The molecular weight excluding hydrogens is 280 g/mol. The highest BCUT2D eigenvalue weighted by Crippen LogP contribution is 2.42. The largest absolute Gasteiger partial charge is 0.392 e. The van der Waals surface area contributed by atoms with Crippen molar-refractivity contribution in [2.24, 2.45) is 17.3 Å². The first kappa shape index (κ1) is 20.5. The topological polar surface area (TPSA) is 20.2 Å². The lowest BCUT2D eigenvalue weighted by Crippen LogP contribution is -2.20. The van der Waals surface area contributed by atoms with Crippen molar-refractivity contribution in [1.29, 1.82) is 0 Å². The summed E-state index contributed by atoms with van der Waals surface area (Å²) in [5.41, 5.74) is 3.88. The van der Waals surface area contributed by atoms with E-state index >= 15 is 0 Å². The molecular formula is C22H40O. The fourth-order valence-electron chi connectivity index (χ4n) is 4.10. The van der Waals surface area contributed by atoms with E-state index in [-0.39, 0.29) is 6.61 Å². The minimum Gasteiger partial charge on any atom is -0.392 e. The quantitative estimate of drug-likeness (QED) is 0.445. The van der Waals surface area contributed by atoms with Gasteiger partial charge in [0.2, 0.25) is 0 Å². The minimum atomic E-state index is 0.176. The standard InChI is InChI=1S/C22H40O/c1-18(10-6-7-17-23)11-8-12-19(2)14-15-21-20(3)13-9-16-22(21,4)5/h6-7,18-19,23H,8-17H2,1-5H3/b7-6+/t18-,19+/m0/s1. The van der Waals surface area contributed by atoms with Crippen LogP contribution in [0.1, 0.15) is 92.4 Å². The molecule has 1 N–H and O–H groups in total. The van der Waals surface area contributed by atoms with Crippen LogP contribution in [0.15, 0.2) is 23.3 Å². The van der Waals surface area contributed by atoms with Crippen LogP contribution in [0.25, 0.3) is 0 Å². The summed E-state index contributed by atoms with van der Waals surface area (Å²) >= 11 is 0. The molecule has 0 unspecified atom stereocenters. The molecule has 0 saturated heterocycles. The zero-order valence-electron chi connectivity index (χ0n) is 16.3. The molecule has 1 aliphatic rings. The van der Waals surface area contributed by atoms with Crippen molar-refractivity contribution >= 4 is 0 Å². The highest BCUT2D eigenvalue weighted by atomic mass is 16.2. The molecule has 23 heavy (non-hydrogen) atoms. The number of hydrogen-bond acceptors (Lipinski definition) is 1. The van der Waals surface area contributed by atoms with Gasteiger partial charge in [0.1, 0.15) is 0 Å². The predicted molar refractivity (Wildman–Crippen MR) is 103 cm³/mol. The van der Waals surface area contributed by atoms with Crippen LogP contribution in [0.2, 0.25) is 0 Å². The van der Waals surface area contributed by atoms with Crippen LogP contribution in [0, 0.1) is 17.3 Å². The van der Waals surface area contributed by atoms with Gasteiger partial charge in [0.25, 0.3) is 0 Å². The van der Waals surface area contributed by atoms with Gasteiger partial charge in [-0.1, -0.05) is 70.3 Å². The second-order valence-electron chi connectivity index (χ2n) is 8.57. The monoisotopic (exact) mass is 320 g/mol. The van der Waals surface area contributed by atoms with Crippen molar-refractivity contribution in [2.45, 2.75) is 92.4 Å². The summed E-state index contributed by atoms with van der Waals surface area (Å²) in [5.74, 6) is 1.58. The normalized spacial score (nSPS) is 21.0. The molecule has 0 aromatic heterocycles. The van der Waals surface area contributed by atoms with E-state index in [1.165, 1.54) is 51.4 Å². The Bertz CT molecular complexity index is 389. The van der Waals surface area contributed by atoms with E-state index in [0.29, 0.717) is 5.41 Å². The van der Waals surface area contributed by atoms with Crippen LogP contribution in [0.5, 0.6) is 0 Å². The van der Waals surface area contributed by atoms with Gasteiger partial charge in [-0.2, -0.15) is 0 Å². The Morgan fingerprint density at radius 2 is 1.78 bits per heavy atom. The Kier molecular flexibility index (Phi) is 9.20. The van der Waals surface area contributed by atoms with Crippen molar-refractivity contribution in [3.63, 3.8) is 0 Å². The van der Waals surface area contributed by atoms with E-state index in [9.17, 15) is 0 Å². The molecule has 134 valence electrons. The highest BCUT2D eigenvalue weighted by molar-refractivity contribution is 5.22. The van der Waals surface area contributed by atoms with Gasteiger partial charge >= 0.3 is 0 Å². The van der Waals surface area contributed by atoms with Crippen molar-refractivity contribution in [2.75, 3.05) is 6.61 Å². The predicted octanol–water partition coefficient (Wildman–Crippen LogP) is 6.67.